The summed E-state index contributed by atoms with van der Waals surface area (Å²) < 4.78 is 1.63. The molecule has 1 amide bonds. The maximum Gasteiger partial charge on any atom is 0.234 e. The molecule has 1 N–H and O–H groups in total. The van der Waals surface area contributed by atoms with Crippen LogP contribution in [0.5, 0.6) is 0 Å². The summed E-state index contributed by atoms with van der Waals surface area (Å²) in [6.07, 6.45) is 0. The number of amides is 1. The van der Waals surface area contributed by atoms with E-state index in [1.165, 1.54) is 11.8 Å². The first-order chi connectivity index (χ1) is 12.7. The molecule has 26 heavy (non-hydrogen) atoms. The average Bonchev–Trinajstić information content (AvgIpc) is 3.08. The van der Waals surface area contributed by atoms with E-state index in [-0.39, 0.29) is 11.7 Å². The van der Waals surface area contributed by atoms with Gasteiger partial charge in [-0.05, 0) is 34.2 Å². The van der Waals surface area contributed by atoms with Crippen LogP contribution in [0.4, 0.5) is 5.69 Å². The van der Waals surface area contributed by atoms with E-state index in [1.54, 1.807) is 22.9 Å². The van der Waals surface area contributed by atoms with Crippen LogP contribution in [0.15, 0.2) is 53.7 Å². The number of nitrogens with one attached hydrogen (secondary N) is 1. The quantitative estimate of drug-likeness (QED) is 0.656. The van der Waals surface area contributed by atoms with Gasteiger partial charge in [0, 0.05) is 5.02 Å². The van der Waals surface area contributed by atoms with Gasteiger partial charge >= 0.3 is 0 Å². The first-order valence-electron chi connectivity index (χ1n) is 7.58. The van der Waals surface area contributed by atoms with Crippen molar-refractivity contribution in [2.75, 3.05) is 11.1 Å². The summed E-state index contributed by atoms with van der Waals surface area (Å²) in [7, 11) is 0. The molecule has 0 aliphatic rings. The van der Waals surface area contributed by atoms with Gasteiger partial charge in [0.15, 0.2) is 0 Å². The summed E-state index contributed by atoms with van der Waals surface area (Å²) in [5.41, 5.74) is 1.79. The molecule has 130 valence electrons. The predicted molar refractivity (Wildman–Crippen MR) is 98.9 cm³/mol. The van der Waals surface area contributed by atoms with Crippen molar-refractivity contribution in [2.45, 2.75) is 11.7 Å². The van der Waals surface area contributed by atoms with Crippen molar-refractivity contribution in [3.63, 3.8) is 0 Å². The first-order valence-corrected chi connectivity index (χ1v) is 8.94. The molecule has 1 aromatic heterocycles. The summed E-state index contributed by atoms with van der Waals surface area (Å²) in [5, 5.41) is 24.3. The topological polar surface area (TPSA) is 96.5 Å². The van der Waals surface area contributed by atoms with Gasteiger partial charge in [0.2, 0.25) is 11.1 Å². The van der Waals surface area contributed by atoms with Crippen molar-refractivity contribution in [3.05, 3.63) is 64.7 Å². The lowest BCUT2D eigenvalue weighted by atomic mass is 10.2. The van der Waals surface area contributed by atoms with Crippen molar-refractivity contribution in [1.82, 2.24) is 20.2 Å². The van der Waals surface area contributed by atoms with Gasteiger partial charge in [-0.1, -0.05) is 53.7 Å². The zero-order valence-electron chi connectivity index (χ0n) is 13.5. The van der Waals surface area contributed by atoms with Crippen LogP contribution in [0.2, 0.25) is 5.02 Å². The van der Waals surface area contributed by atoms with Crippen molar-refractivity contribution in [3.8, 4) is 6.07 Å². The van der Waals surface area contributed by atoms with Gasteiger partial charge in [-0.25, -0.2) is 4.68 Å². The molecule has 0 radical (unpaired) electrons. The van der Waals surface area contributed by atoms with Gasteiger partial charge in [-0.2, -0.15) is 5.26 Å². The van der Waals surface area contributed by atoms with Crippen LogP contribution in [-0.4, -0.2) is 31.9 Å². The standard InChI is InChI=1S/C17H13ClN6OS/c18-14-7-6-13(9-19)15(8-14)20-16(25)11-26-17-21-22-23-24(17)10-12-4-2-1-3-5-12/h1-8H,10-11H2,(H,20,25). The maximum absolute atomic E-state index is 12.2. The Kier molecular flexibility index (Phi) is 5.84. The van der Waals surface area contributed by atoms with E-state index in [2.05, 4.69) is 20.8 Å². The number of carbonyl (C=O) groups excluding carboxylic acids is 1. The number of thioether (sulfide) groups is 1. The summed E-state index contributed by atoms with van der Waals surface area (Å²) >= 11 is 7.13. The number of aromatic nitrogens is 4. The highest BCUT2D eigenvalue weighted by molar-refractivity contribution is 7.99. The minimum Gasteiger partial charge on any atom is -0.324 e. The maximum atomic E-state index is 12.2. The Labute approximate surface area is 159 Å². The van der Waals surface area contributed by atoms with Crippen molar-refractivity contribution < 1.29 is 4.79 Å². The van der Waals surface area contributed by atoms with Crippen LogP contribution in [0.25, 0.3) is 0 Å². The van der Waals surface area contributed by atoms with Crippen molar-refractivity contribution >= 4 is 35.0 Å². The summed E-state index contributed by atoms with van der Waals surface area (Å²) in [6.45, 7) is 0.519. The number of nitrogens with zero attached hydrogens (tertiary/aromatic N) is 5. The molecule has 0 atom stereocenters. The Balaban J connectivity index is 1.62. The van der Waals surface area contributed by atoms with Crippen LogP contribution < -0.4 is 5.32 Å². The number of rotatable bonds is 6. The van der Waals surface area contributed by atoms with Crippen LogP contribution in [-0.2, 0) is 11.3 Å². The Morgan fingerprint density at radius 3 is 2.85 bits per heavy atom. The molecule has 0 aliphatic carbocycles. The van der Waals surface area contributed by atoms with Gasteiger partial charge < -0.3 is 5.32 Å². The Hall–Kier alpha value is -2.89. The van der Waals surface area contributed by atoms with E-state index in [9.17, 15) is 4.79 Å². The lowest BCUT2D eigenvalue weighted by Gasteiger charge is -2.07. The summed E-state index contributed by atoms with van der Waals surface area (Å²) in [5.74, 6) is -0.171. The molecule has 3 rings (SSSR count). The molecule has 1 heterocycles. The monoisotopic (exact) mass is 384 g/mol. The second-order valence-electron chi connectivity index (χ2n) is 5.24. The molecule has 0 unspecified atom stereocenters. The van der Waals surface area contributed by atoms with Crippen LogP contribution in [0, 0.1) is 11.3 Å². The smallest absolute Gasteiger partial charge is 0.234 e. The molecule has 0 saturated heterocycles. The number of hydrogen-bond acceptors (Lipinski definition) is 6. The molecule has 0 spiro atoms. The predicted octanol–water partition coefficient (Wildman–Crippen LogP) is 2.98. The van der Waals surface area contributed by atoms with Gasteiger partial charge in [0.1, 0.15) is 6.07 Å². The molecular formula is C17H13ClN6OS. The first kappa shape index (κ1) is 17.9. The van der Waals surface area contributed by atoms with Gasteiger partial charge in [-0.3, -0.25) is 4.79 Å². The fourth-order valence-electron chi connectivity index (χ4n) is 2.19. The second-order valence-corrected chi connectivity index (χ2v) is 6.62. The summed E-state index contributed by atoms with van der Waals surface area (Å²) in [4.78, 5) is 12.2. The van der Waals surface area contributed by atoms with E-state index >= 15 is 0 Å². The number of nitriles is 1. The summed E-state index contributed by atoms with van der Waals surface area (Å²) in [6, 6.07) is 16.5. The number of hydrogen-bond donors (Lipinski definition) is 1. The van der Waals surface area contributed by atoms with Crippen LogP contribution in [0.3, 0.4) is 0 Å². The largest absolute Gasteiger partial charge is 0.324 e. The fourth-order valence-corrected chi connectivity index (χ4v) is 3.04. The average molecular weight is 385 g/mol. The van der Waals surface area contributed by atoms with Crippen LogP contribution in [0.1, 0.15) is 11.1 Å². The van der Waals surface area contributed by atoms with Gasteiger partial charge in [0.05, 0.1) is 23.5 Å². The normalized spacial score (nSPS) is 10.3. The van der Waals surface area contributed by atoms with Crippen molar-refractivity contribution in [1.29, 1.82) is 5.26 Å². The fraction of sp³-hybridized carbons (Fsp3) is 0.118. The lowest BCUT2D eigenvalue weighted by Crippen LogP contribution is -2.15. The van der Waals surface area contributed by atoms with E-state index in [0.29, 0.717) is 28.0 Å². The number of anilines is 1. The molecule has 0 saturated carbocycles. The highest BCUT2D eigenvalue weighted by Gasteiger charge is 2.12. The molecule has 2 aromatic carbocycles. The van der Waals surface area contributed by atoms with E-state index < -0.39 is 0 Å². The molecular weight excluding hydrogens is 372 g/mol. The molecule has 7 nitrogen and oxygen atoms in total. The van der Waals surface area contributed by atoms with Gasteiger partial charge in [-0.15, -0.1) is 5.10 Å². The van der Waals surface area contributed by atoms with Gasteiger partial charge in [0.25, 0.3) is 0 Å². The second kappa shape index (κ2) is 8.47. The Morgan fingerprint density at radius 1 is 1.27 bits per heavy atom. The SMILES string of the molecule is N#Cc1ccc(Cl)cc1NC(=O)CSc1nnnn1Cc1ccccc1. The molecule has 0 fully saturated rings. The highest BCUT2D eigenvalue weighted by Crippen LogP contribution is 2.21. The number of tetrazole rings is 1. The van der Waals surface area contributed by atoms with Crippen LogP contribution >= 0.6 is 23.4 Å². The minimum absolute atomic E-state index is 0.104. The lowest BCUT2D eigenvalue weighted by molar-refractivity contribution is -0.113. The third-order valence-corrected chi connectivity index (χ3v) is 4.57. The van der Waals surface area contributed by atoms with E-state index in [0.717, 1.165) is 5.56 Å². The zero-order chi connectivity index (χ0) is 18.4. The minimum atomic E-state index is -0.275. The third kappa shape index (κ3) is 4.59. The Bertz CT molecular complexity index is 953. The van der Waals surface area contributed by atoms with E-state index in [1.807, 2.05) is 36.4 Å². The Morgan fingerprint density at radius 2 is 2.08 bits per heavy atom. The molecule has 0 aliphatic heterocycles. The number of halogens is 1. The molecule has 9 heteroatoms. The highest BCUT2D eigenvalue weighted by atomic mass is 35.5. The molecule has 0 bridgehead atoms. The number of carbonyl (C=O) groups is 1. The molecule has 3 aromatic rings. The van der Waals surface area contributed by atoms with Crippen molar-refractivity contribution in [2.24, 2.45) is 0 Å². The third-order valence-electron chi connectivity index (χ3n) is 3.38. The van der Waals surface area contributed by atoms with E-state index in [4.69, 9.17) is 16.9 Å². The zero-order valence-corrected chi connectivity index (χ0v) is 15.0. The number of benzene rings is 2.